The molecule has 0 aliphatic heterocycles. The van der Waals surface area contributed by atoms with Gasteiger partial charge in [0, 0.05) is 20.1 Å². The lowest BCUT2D eigenvalue weighted by Gasteiger charge is -1.89. The lowest BCUT2D eigenvalue weighted by atomic mass is 10.8. The summed E-state index contributed by atoms with van der Waals surface area (Å²) < 4.78 is 9.24. The number of allylic oxidation sites excluding steroid dienone is 4. The van der Waals surface area contributed by atoms with Crippen LogP contribution in [0.5, 0.6) is 0 Å². The second-order valence-electron chi connectivity index (χ2n) is 3.79. The molecule has 0 bridgehead atoms. The summed E-state index contributed by atoms with van der Waals surface area (Å²) in [5.41, 5.74) is 0. The molecule has 5 heteroatoms. The van der Waals surface area contributed by atoms with Crippen LogP contribution in [-0.2, 0) is 14.3 Å². The Hall–Kier alpha value is -1.69. The highest BCUT2D eigenvalue weighted by Crippen LogP contribution is 1.69. The van der Waals surface area contributed by atoms with Crippen LogP contribution in [0.1, 0.15) is 55.4 Å². The van der Waals surface area contributed by atoms with Gasteiger partial charge in [-0.15, -0.1) is 26.3 Å². The normalized spacial score (nSPS) is 6.30. The van der Waals surface area contributed by atoms with Gasteiger partial charge in [0.2, 0.25) is 0 Å². The van der Waals surface area contributed by atoms with Crippen molar-refractivity contribution in [3.63, 3.8) is 0 Å². The number of aliphatic hydroxyl groups excluding tert-OH is 2. The molecule has 0 rings (SSSR count). The van der Waals surface area contributed by atoms with Gasteiger partial charge in [-0.25, -0.2) is 0 Å². The fourth-order valence-electron chi connectivity index (χ4n) is 0.407. The van der Waals surface area contributed by atoms with Gasteiger partial charge in [-0.2, -0.15) is 0 Å². The smallest absolute Gasteiger partial charge is 0.302 e. The van der Waals surface area contributed by atoms with E-state index in [-0.39, 0.29) is 19.2 Å². The van der Waals surface area contributed by atoms with Crippen molar-refractivity contribution < 1.29 is 24.5 Å². The largest absolute Gasteiger partial charge is 0.466 e. The Morgan fingerprint density at radius 1 is 0.741 bits per heavy atom. The van der Waals surface area contributed by atoms with E-state index >= 15 is 0 Å². The van der Waals surface area contributed by atoms with Crippen molar-refractivity contribution in [2.75, 3.05) is 33.0 Å². The summed E-state index contributed by atoms with van der Waals surface area (Å²) in [7, 11) is 0. The van der Waals surface area contributed by atoms with Crippen LogP contribution in [0.2, 0.25) is 0 Å². The lowest BCUT2D eigenvalue weighted by molar-refractivity contribution is -0.140. The minimum Gasteiger partial charge on any atom is -0.466 e. The van der Waals surface area contributed by atoms with E-state index < -0.39 is 0 Å². The minimum atomic E-state index is -0.211. The molecule has 0 fully saturated rings. The standard InChI is InChI=1S/C4H8O2.C4H10O.4C3H6.C2H6O2/c1-3-6-4(2)5;1-3-5-4-2;4*1-3-2;3-1-2-4/h3H2,1-2H3;3-4H2,1-2H3;4*3H,1H2,2H3;3-4H,1-2H2. The van der Waals surface area contributed by atoms with Crippen LogP contribution in [0.15, 0.2) is 50.6 Å². The molecule has 0 saturated heterocycles. The minimum absolute atomic E-state index is 0.125. The first-order valence-electron chi connectivity index (χ1n) is 8.97. The molecule has 27 heavy (non-hydrogen) atoms. The number of ether oxygens (including phenoxy) is 2. The first-order valence-corrected chi connectivity index (χ1v) is 8.97. The fourth-order valence-corrected chi connectivity index (χ4v) is 0.407. The van der Waals surface area contributed by atoms with Crippen LogP contribution in [-0.4, -0.2) is 49.2 Å². The van der Waals surface area contributed by atoms with Gasteiger partial charge < -0.3 is 19.7 Å². The van der Waals surface area contributed by atoms with Gasteiger partial charge in [-0.1, -0.05) is 24.3 Å². The van der Waals surface area contributed by atoms with Crippen molar-refractivity contribution in [2.24, 2.45) is 0 Å². The average Bonchev–Trinajstić information content (AvgIpc) is 2.59. The van der Waals surface area contributed by atoms with Crippen molar-refractivity contribution in [3.05, 3.63) is 50.6 Å². The van der Waals surface area contributed by atoms with Crippen LogP contribution in [0, 0.1) is 0 Å². The number of esters is 1. The third kappa shape index (κ3) is 651. The summed E-state index contributed by atoms with van der Waals surface area (Å²) in [5, 5.41) is 15.2. The molecule has 0 radical (unpaired) electrons. The highest BCUT2D eigenvalue weighted by atomic mass is 16.5. The maximum atomic E-state index is 9.82. The molecule has 0 heterocycles. The number of hydrogen-bond acceptors (Lipinski definition) is 5. The molecule has 0 spiro atoms. The van der Waals surface area contributed by atoms with E-state index in [0.29, 0.717) is 6.61 Å². The SMILES string of the molecule is C=CC.C=CC.C=CC.C=CC.CCOC(C)=O.CCOCC.OCCO. The summed E-state index contributed by atoms with van der Waals surface area (Å²) in [6, 6.07) is 0. The molecule has 0 aromatic heterocycles. The zero-order valence-corrected chi connectivity index (χ0v) is 19.3. The van der Waals surface area contributed by atoms with Crippen molar-refractivity contribution >= 4 is 5.97 Å². The molecule has 0 aromatic rings. The fraction of sp³-hybridized carbons (Fsp3) is 0.591. The molecule has 0 aliphatic rings. The van der Waals surface area contributed by atoms with Crippen LogP contribution in [0.3, 0.4) is 0 Å². The van der Waals surface area contributed by atoms with Gasteiger partial charge in [-0.3, -0.25) is 4.79 Å². The molecule has 0 unspecified atom stereocenters. The molecule has 0 amide bonds. The molecule has 0 saturated carbocycles. The van der Waals surface area contributed by atoms with Crippen LogP contribution in [0.25, 0.3) is 0 Å². The molecule has 0 aromatic carbocycles. The summed E-state index contributed by atoms with van der Waals surface area (Å²) in [5.74, 6) is -0.211. The van der Waals surface area contributed by atoms with Crippen LogP contribution >= 0.6 is 0 Å². The van der Waals surface area contributed by atoms with Crippen LogP contribution in [0.4, 0.5) is 0 Å². The third-order valence-electron chi connectivity index (χ3n) is 0.856. The molecule has 2 N–H and O–H groups in total. The van der Waals surface area contributed by atoms with Gasteiger partial charge in [0.05, 0.1) is 19.8 Å². The second-order valence-corrected chi connectivity index (χ2v) is 3.79. The summed E-state index contributed by atoms with van der Waals surface area (Å²) in [4.78, 5) is 9.82. The van der Waals surface area contributed by atoms with Gasteiger partial charge in [0.1, 0.15) is 0 Å². The monoisotopic (exact) mass is 392 g/mol. The number of hydrogen-bond donors (Lipinski definition) is 2. The maximum Gasteiger partial charge on any atom is 0.302 e. The van der Waals surface area contributed by atoms with E-state index in [1.165, 1.54) is 6.92 Å². The molecule has 0 aliphatic carbocycles. The molecule has 5 nitrogen and oxygen atoms in total. The molecular formula is C22H48O5. The number of carbonyl (C=O) groups is 1. The van der Waals surface area contributed by atoms with Gasteiger partial charge >= 0.3 is 5.97 Å². The Balaban J connectivity index is -0.0000000353. The lowest BCUT2D eigenvalue weighted by Crippen LogP contribution is -1.95. The van der Waals surface area contributed by atoms with Crippen LogP contribution < -0.4 is 0 Å². The highest BCUT2D eigenvalue weighted by molar-refractivity contribution is 5.65. The molecule has 0 atom stereocenters. The Labute approximate surface area is 170 Å². The predicted molar refractivity (Wildman–Crippen MR) is 122 cm³/mol. The molecule has 166 valence electrons. The highest BCUT2D eigenvalue weighted by Gasteiger charge is 1.81. The Bertz CT molecular complexity index is 211. The van der Waals surface area contributed by atoms with Gasteiger partial charge in [0.25, 0.3) is 0 Å². The van der Waals surface area contributed by atoms with E-state index in [1.54, 1.807) is 31.2 Å². The van der Waals surface area contributed by atoms with Crippen molar-refractivity contribution in [3.8, 4) is 0 Å². The van der Waals surface area contributed by atoms with Gasteiger partial charge in [0.15, 0.2) is 0 Å². The van der Waals surface area contributed by atoms with Crippen molar-refractivity contribution in [1.82, 2.24) is 0 Å². The van der Waals surface area contributed by atoms with E-state index in [1.807, 2.05) is 41.5 Å². The first-order chi connectivity index (χ1) is 12.8. The number of aliphatic hydroxyl groups is 2. The summed E-state index contributed by atoms with van der Waals surface area (Å²) in [6.07, 6.45) is 7.00. The number of carbonyl (C=O) groups excluding carboxylic acids is 1. The Morgan fingerprint density at radius 2 is 0.963 bits per heavy atom. The maximum absolute atomic E-state index is 9.82. The Kier molecular flexibility index (Phi) is 144. The second kappa shape index (κ2) is 87.2. The van der Waals surface area contributed by atoms with Gasteiger partial charge in [-0.05, 0) is 48.5 Å². The van der Waals surface area contributed by atoms with Crippen molar-refractivity contribution in [2.45, 2.75) is 55.4 Å². The zero-order valence-electron chi connectivity index (χ0n) is 19.3. The topological polar surface area (TPSA) is 76.0 Å². The quantitative estimate of drug-likeness (QED) is 0.498. The first kappa shape index (κ1) is 44.6. The number of rotatable bonds is 4. The summed E-state index contributed by atoms with van der Waals surface area (Å²) in [6.45, 7) is 30.1. The van der Waals surface area contributed by atoms with E-state index in [4.69, 9.17) is 14.9 Å². The molecular weight excluding hydrogens is 344 g/mol. The average molecular weight is 393 g/mol. The van der Waals surface area contributed by atoms with E-state index in [2.05, 4.69) is 31.1 Å². The van der Waals surface area contributed by atoms with E-state index in [0.717, 1.165) is 13.2 Å². The third-order valence-corrected chi connectivity index (χ3v) is 0.856. The summed E-state index contributed by atoms with van der Waals surface area (Å²) >= 11 is 0. The van der Waals surface area contributed by atoms with E-state index in [9.17, 15) is 4.79 Å². The predicted octanol–water partition coefficient (Wildman–Crippen LogP) is 5.35. The zero-order chi connectivity index (χ0) is 23.4. The van der Waals surface area contributed by atoms with Crippen molar-refractivity contribution in [1.29, 1.82) is 0 Å². The Morgan fingerprint density at radius 3 is 0.963 bits per heavy atom.